The van der Waals surface area contributed by atoms with Crippen LogP contribution in [0.2, 0.25) is 0 Å². The van der Waals surface area contributed by atoms with Gasteiger partial charge in [-0.1, -0.05) is 15.9 Å². The number of nitrogens with zero attached hydrogens (tertiary/aromatic N) is 2. The van der Waals surface area contributed by atoms with Crippen molar-refractivity contribution >= 4 is 21.9 Å². The summed E-state index contributed by atoms with van der Waals surface area (Å²) in [6.45, 7) is 1.84. The molecule has 1 aromatic heterocycles. The van der Waals surface area contributed by atoms with Crippen LogP contribution < -0.4 is 0 Å². The molecule has 7 heteroatoms. The molecule has 0 aliphatic heterocycles. The first kappa shape index (κ1) is 15.5. The van der Waals surface area contributed by atoms with Crippen LogP contribution >= 0.6 is 15.9 Å². The van der Waals surface area contributed by atoms with Crippen LogP contribution in [0.3, 0.4) is 0 Å². The van der Waals surface area contributed by atoms with Crippen LogP contribution in [0.1, 0.15) is 35.7 Å². The van der Waals surface area contributed by atoms with Crippen LogP contribution in [-0.2, 0) is 21.3 Å². The van der Waals surface area contributed by atoms with E-state index in [1.165, 1.54) is 6.20 Å². The predicted octanol–water partition coefficient (Wildman–Crippen LogP) is 2.89. The zero-order valence-electron chi connectivity index (χ0n) is 10.1. The average molecular weight is 333 g/mol. The lowest BCUT2D eigenvalue weighted by Gasteiger charge is -2.11. The number of pyridine rings is 1. The van der Waals surface area contributed by atoms with Crippen LogP contribution in [0.4, 0.5) is 8.78 Å². The Hall–Kier alpha value is -1.55. The van der Waals surface area contributed by atoms with Crippen molar-refractivity contribution in [3.63, 3.8) is 0 Å². The lowest BCUT2D eigenvalue weighted by atomic mass is 10.00. The van der Waals surface area contributed by atoms with E-state index < -0.39 is 18.1 Å². The number of nitriles is 1. The number of carbonyl (C=O) groups is 1. The highest BCUT2D eigenvalue weighted by molar-refractivity contribution is 9.08. The molecule has 19 heavy (non-hydrogen) atoms. The second-order valence-corrected chi connectivity index (χ2v) is 4.11. The van der Waals surface area contributed by atoms with Crippen molar-refractivity contribution in [1.82, 2.24) is 4.98 Å². The maximum Gasteiger partial charge on any atom is 0.310 e. The van der Waals surface area contributed by atoms with Crippen molar-refractivity contribution in [2.24, 2.45) is 0 Å². The van der Waals surface area contributed by atoms with E-state index in [0.717, 1.165) is 0 Å². The van der Waals surface area contributed by atoms with Crippen LogP contribution in [0, 0.1) is 11.3 Å². The smallest absolute Gasteiger partial charge is 0.310 e. The third-order valence-corrected chi connectivity index (χ3v) is 3.00. The minimum Gasteiger partial charge on any atom is -0.466 e. The number of halogens is 3. The number of ether oxygens (including phenoxy) is 1. The molecule has 0 bridgehead atoms. The summed E-state index contributed by atoms with van der Waals surface area (Å²) in [5, 5.41) is 9.33. The average Bonchev–Trinajstić information content (AvgIpc) is 2.38. The molecule has 102 valence electrons. The number of aromatic nitrogens is 1. The summed E-state index contributed by atoms with van der Waals surface area (Å²) in [7, 11) is 0. The number of rotatable bonds is 5. The van der Waals surface area contributed by atoms with Crippen molar-refractivity contribution in [3.05, 3.63) is 28.6 Å². The van der Waals surface area contributed by atoms with Crippen molar-refractivity contribution < 1.29 is 18.3 Å². The lowest BCUT2D eigenvalue weighted by Crippen LogP contribution is -2.13. The second-order valence-electron chi connectivity index (χ2n) is 3.55. The third-order valence-electron chi connectivity index (χ3n) is 2.39. The van der Waals surface area contributed by atoms with Crippen molar-refractivity contribution in [3.8, 4) is 6.07 Å². The standard InChI is InChI=1S/C12H11BrF2N2O2/c1-2-19-10(18)3-8-7(4-13)6-17-11(12(14)15)9(8)5-16/h6,12H,2-4H2,1H3. The Bertz CT molecular complexity index is 515. The zero-order valence-corrected chi connectivity index (χ0v) is 11.7. The summed E-state index contributed by atoms with van der Waals surface area (Å²) in [6.07, 6.45) is -1.84. The van der Waals surface area contributed by atoms with Gasteiger partial charge in [0.25, 0.3) is 6.43 Å². The van der Waals surface area contributed by atoms with E-state index in [0.29, 0.717) is 10.9 Å². The fourth-order valence-electron chi connectivity index (χ4n) is 1.57. The highest BCUT2D eigenvalue weighted by Crippen LogP contribution is 2.26. The summed E-state index contributed by atoms with van der Waals surface area (Å²) in [5.41, 5.74) is -0.0939. The minimum absolute atomic E-state index is 0.192. The van der Waals surface area contributed by atoms with Gasteiger partial charge in [-0.05, 0) is 18.1 Å². The summed E-state index contributed by atoms with van der Waals surface area (Å²) >= 11 is 3.17. The van der Waals surface area contributed by atoms with Crippen LogP contribution in [0.15, 0.2) is 6.20 Å². The Kier molecular flexibility index (Phi) is 5.83. The Morgan fingerprint density at radius 1 is 1.63 bits per heavy atom. The summed E-state index contributed by atoms with van der Waals surface area (Å²) in [5.74, 6) is -0.562. The normalized spacial score (nSPS) is 10.3. The maximum atomic E-state index is 12.8. The first-order chi connectivity index (χ1) is 9.04. The Balaban J connectivity index is 3.28. The van der Waals surface area contributed by atoms with Gasteiger partial charge in [0.1, 0.15) is 11.8 Å². The van der Waals surface area contributed by atoms with E-state index in [2.05, 4.69) is 20.9 Å². The molecule has 0 aromatic carbocycles. The Labute approximate surface area is 117 Å². The molecule has 0 N–H and O–H groups in total. The first-order valence-corrected chi connectivity index (χ1v) is 6.57. The first-order valence-electron chi connectivity index (χ1n) is 5.45. The molecule has 0 unspecified atom stereocenters. The molecule has 0 radical (unpaired) electrons. The van der Waals surface area contributed by atoms with Gasteiger partial charge in [-0.15, -0.1) is 0 Å². The summed E-state index contributed by atoms with van der Waals surface area (Å²) in [6, 6.07) is 1.70. The van der Waals surface area contributed by atoms with Crippen molar-refractivity contribution in [1.29, 1.82) is 5.26 Å². The largest absolute Gasteiger partial charge is 0.466 e. The molecular weight excluding hydrogens is 322 g/mol. The number of hydrogen-bond acceptors (Lipinski definition) is 4. The van der Waals surface area contributed by atoms with Gasteiger partial charge in [-0.2, -0.15) is 5.26 Å². The predicted molar refractivity (Wildman–Crippen MR) is 66.9 cm³/mol. The van der Waals surface area contributed by atoms with Gasteiger partial charge in [-0.25, -0.2) is 8.78 Å². The Morgan fingerprint density at radius 3 is 2.79 bits per heavy atom. The molecule has 0 saturated heterocycles. The molecule has 0 saturated carbocycles. The van der Waals surface area contributed by atoms with Crippen LogP contribution in [0.25, 0.3) is 0 Å². The van der Waals surface area contributed by atoms with E-state index >= 15 is 0 Å². The fourth-order valence-corrected chi connectivity index (χ4v) is 2.05. The number of alkyl halides is 3. The molecule has 0 spiro atoms. The molecule has 0 amide bonds. The third kappa shape index (κ3) is 3.70. The van der Waals surface area contributed by atoms with Gasteiger partial charge >= 0.3 is 5.97 Å². The zero-order chi connectivity index (χ0) is 14.4. The molecule has 0 fully saturated rings. The molecule has 1 heterocycles. The van der Waals surface area contributed by atoms with E-state index in [4.69, 9.17) is 10.00 Å². The van der Waals surface area contributed by atoms with Gasteiger partial charge < -0.3 is 4.74 Å². The molecule has 0 aliphatic rings. The molecular formula is C12H11BrF2N2O2. The van der Waals surface area contributed by atoms with E-state index in [1.807, 2.05) is 0 Å². The Morgan fingerprint density at radius 2 is 2.32 bits per heavy atom. The fraction of sp³-hybridized carbons (Fsp3) is 0.417. The topological polar surface area (TPSA) is 63.0 Å². The maximum absolute atomic E-state index is 12.8. The van der Waals surface area contributed by atoms with E-state index in [1.54, 1.807) is 13.0 Å². The summed E-state index contributed by atoms with van der Waals surface area (Å²) in [4.78, 5) is 15.1. The molecule has 4 nitrogen and oxygen atoms in total. The number of esters is 1. The van der Waals surface area contributed by atoms with Gasteiger partial charge in [0.2, 0.25) is 0 Å². The van der Waals surface area contributed by atoms with E-state index in [-0.39, 0.29) is 24.2 Å². The SMILES string of the molecule is CCOC(=O)Cc1c(CBr)cnc(C(F)F)c1C#N. The monoisotopic (exact) mass is 332 g/mol. The van der Waals surface area contributed by atoms with Crippen LogP contribution in [0.5, 0.6) is 0 Å². The molecule has 1 rings (SSSR count). The highest BCUT2D eigenvalue weighted by atomic mass is 79.9. The van der Waals surface area contributed by atoms with Crippen LogP contribution in [-0.4, -0.2) is 17.6 Å². The van der Waals surface area contributed by atoms with Crippen molar-refractivity contribution in [2.75, 3.05) is 6.61 Å². The molecule has 0 aliphatic carbocycles. The molecule has 1 aromatic rings. The molecule has 0 atom stereocenters. The minimum atomic E-state index is -2.86. The lowest BCUT2D eigenvalue weighted by molar-refractivity contribution is -0.142. The second kappa shape index (κ2) is 7.14. The van der Waals surface area contributed by atoms with Gasteiger partial charge in [-0.3, -0.25) is 9.78 Å². The van der Waals surface area contributed by atoms with Crippen molar-refractivity contribution in [2.45, 2.75) is 25.1 Å². The van der Waals surface area contributed by atoms with Gasteiger partial charge in [0.05, 0.1) is 18.6 Å². The number of carbonyl (C=O) groups excluding carboxylic acids is 1. The number of hydrogen-bond donors (Lipinski definition) is 0. The van der Waals surface area contributed by atoms with Gasteiger partial charge in [0.15, 0.2) is 0 Å². The highest BCUT2D eigenvalue weighted by Gasteiger charge is 2.22. The van der Waals surface area contributed by atoms with Gasteiger partial charge in [0, 0.05) is 11.5 Å². The summed E-state index contributed by atoms with van der Waals surface area (Å²) < 4.78 is 30.3. The van der Waals surface area contributed by atoms with E-state index in [9.17, 15) is 13.6 Å². The quantitative estimate of drug-likeness (QED) is 0.614.